The lowest BCUT2D eigenvalue weighted by atomic mass is 10.1. The van der Waals surface area contributed by atoms with Gasteiger partial charge in [0.15, 0.2) is 0 Å². The smallest absolute Gasteiger partial charge is 0.457 e. The Morgan fingerprint density at radius 2 is 1.43 bits per heavy atom. The Morgan fingerprint density at radius 1 is 0.811 bits per heavy atom. The first-order valence-electron chi connectivity index (χ1n) is 14.3. The monoisotopic (exact) mass is 547 g/mol. The molecule has 37 heavy (non-hydrogen) atoms. The molecule has 0 saturated carbocycles. The van der Waals surface area contributed by atoms with Crippen molar-refractivity contribution in [1.82, 2.24) is 0 Å². The van der Waals surface area contributed by atoms with Gasteiger partial charge in [-0.2, -0.15) is 0 Å². The number of nitrogens with two attached hydrogens (primary N) is 1. The minimum absolute atomic E-state index is 0.0974. The van der Waals surface area contributed by atoms with Crippen molar-refractivity contribution in [2.24, 2.45) is 5.73 Å². The lowest BCUT2D eigenvalue weighted by molar-refractivity contribution is -0.154. The molecule has 0 saturated heterocycles. The quantitative estimate of drug-likeness (QED) is 0.0488. The molecular formula is C28H54NO7P. The molecule has 0 amide bonds. The molecule has 2 unspecified atom stereocenters. The summed E-state index contributed by atoms with van der Waals surface area (Å²) in [6, 6.07) is 0. The number of phosphoric acid groups is 1. The van der Waals surface area contributed by atoms with Crippen LogP contribution in [-0.2, 0) is 27.9 Å². The normalized spacial score (nSPS) is 14.4. The Balaban J connectivity index is 3.83. The van der Waals surface area contributed by atoms with Crippen LogP contribution < -0.4 is 5.73 Å². The third-order valence-electron chi connectivity index (χ3n) is 5.59. The van der Waals surface area contributed by atoms with Crippen LogP contribution in [0.1, 0.15) is 110 Å². The molecule has 0 aromatic carbocycles. The first-order valence-corrected chi connectivity index (χ1v) is 15.8. The Bertz CT molecular complexity index is 628. The van der Waals surface area contributed by atoms with Crippen molar-refractivity contribution in [1.29, 1.82) is 0 Å². The second-order valence-corrected chi connectivity index (χ2v) is 10.7. The second kappa shape index (κ2) is 26.6. The minimum Gasteiger partial charge on any atom is -0.457 e. The molecule has 3 N–H and O–H groups in total. The van der Waals surface area contributed by atoms with Gasteiger partial charge < -0.3 is 20.1 Å². The number of unbranched alkanes of at least 4 members (excludes halogenated alkanes) is 10. The van der Waals surface area contributed by atoms with E-state index in [4.69, 9.17) is 24.3 Å². The van der Waals surface area contributed by atoms with Gasteiger partial charge in [0.1, 0.15) is 6.10 Å². The molecule has 9 heteroatoms. The van der Waals surface area contributed by atoms with Crippen LogP contribution >= 0.6 is 7.82 Å². The molecule has 0 aromatic rings. The Morgan fingerprint density at radius 3 is 2.05 bits per heavy atom. The number of carbonyl (C=O) groups excluding carboxylic acids is 1. The summed E-state index contributed by atoms with van der Waals surface area (Å²) in [6.45, 7) is 4.48. The number of carbonyl (C=O) groups is 1. The summed E-state index contributed by atoms with van der Waals surface area (Å²) in [7, 11) is -4.24. The fraction of sp³-hybridized carbons (Fsp3) is 0.821. The molecule has 0 heterocycles. The van der Waals surface area contributed by atoms with Gasteiger partial charge in [0.05, 0.1) is 19.8 Å². The summed E-state index contributed by atoms with van der Waals surface area (Å²) >= 11 is 0. The van der Waals surface area contributed by atoms with Crippen LogP contribution in [0.2, 0.25) is 0 Å². The average molecular weight is 548 g/mol. The third kappa shape index (κ3) is 26.4. The number of hydrogen-bond acceptors (Lipinski definition) is 7. The van der Waals surface area contributed by atoms with Gasteiger partial charge in [0.25, 0.3) is 0 Å². The molecule has 0 rings (SSSR count). The summed E-state index contributed by atoms with van der Waals surface area (Å²) in [4.78, 5) is 21.5. The molecule has 0 aliphatic heterocycles. The zero-order valence-electron chi connectivity index (χ0n) is 23.5. The van der Waals surface area contributed by atoms with Crippen LogP contribution in [0.4, 0.5) is 0 Å². The van der Waals surface area contributed by atoms with Crippen molar-refractivity contribution in [3.8, 4) is 0 Å². The molecule has 0 fully saturated rings. The number of hydrogen-bond donors (Lipinski definition) is 2. The van der Waals surface area contributed by atoms with Crippen LogP contribution in [0.25, 0.3) is 0 Å². The highest BCUT2D eigenvalue weighted by Gasteiger charge is 2.25. The fourth-order valence-corrected chi connectivity index (χ4v) is 4.30. The van der Waals surface area contributed by atoms with Gasteiger partial charge in [0, 0.05) is 19.6 Å². The molecule has 0 aliphatic carbocycles. The SMILES string of the molecule is CCCCCC/C=C\C/C=C\CCCCCCCCOCC(COP(=O)(O)OCCN)OC(=O)CCC. The number of ether oxygens (including phenoxy) is 2. The highest BCUT2D eigenvalue weighted by atomic mass is 31.2. The number of phosphoric ester groups is 1. The summed E-state index contributed by atoms with van der Waals surface area (Å²) in [5.41, 5.74) is 5.27. The van der Waals surface area contributed by atoms with Crippen molar-refractivity contribution < 1.29 is 32.8 Å². The number of esters is 1. The summed E-state index contributed by atoms with van der Waals surface area (Å²) in [6.07, 6.45) is 24.8. The molecule has 2 atom stereocenters. The van der Waals surface area contributed by atoms with Crippen molar-refractivity contribution >= 4 is 13.8 Å². The largest absolute Gasteiger partial charge is 0.472 e. The van der Waals surface area contributed by atoms with Gasteiger partial charge in [-0.1, -0.05) is 83.1 Å². The lowest BCUT2D eigenvalue weighted by Gasteiger charge is -2.19. The van der Waals surface area contributed by atoms with Crippen molar-refractivity contribution in [3.63, 3.8) is 0 Å². The maximum Gasteiger partial charge on any atom is 0.472 e. The third-order valence-corrected chi connectivity index (χ3v) is 6.58. The van der Waals surface area contributed by atoms with Crippen LogP contribution in [0.15, 0.2) is 24.3 Å². The fourth-order valence-electron chi connectivity index (χ4n) is 3.53. The molecule has 0 aromatic heterocycles. The van der Waals surface area contributed by atoms with Crippen LogP contribution in [-0.4, -0.2) is 49.9 Å². The Labute approximate surface area is 226 Å². The topological polar surface area (TPSA) is 117 Å². The first kappa shape index (κ1) is 36.0. The van der Waals surface area contributed by atoms with E-state index in [1.807, 2.05) is 6.92 Å². The van der Waals surface area contributed by atoms with Gasteiger partial charge in [0.2, 0.25) is 0 Å². The van der Waals surface area contributed by atoms with Crippen LogP contribution in [0.5, 0.6) is 0 Å². The molecule has 0 spiro atoms. The summed E-state index contributed by atoms with van der Waals surface area (Å²) in [5.74, 6) is -0.389. The van der Waals surface area contributed by atoms with E-state index >= 15 is 0 Å². The first-order chi connectivity index (χ1) is 17.9. The van der Waals surface area contributed by atoms with Crippen molar-refractivity contribution in [2.75, 3.05) is 33.0 Å². The average Bonchev–Trinajstić information content (AvgIpc) is 2.87. The zero-order chi connectivity index (χ0) is 27.5. The summed E-state index contributed by atoms with van der Waals surface area (Å²) < 4.78 is 32.4. The molecule has 0 aliphatic rings. The Hall–Kier alpha value is -1.02. The van der Waals surface area contributed by atoms with E-state index < -0.39 is 13.9 Å². The van der Waals surface area contributed by atoms with Crippen LogP contribution in [0, 0.1) is 0 Å². The van der Waals surface area contributed by atoms with Gasteiger partial charge in [-0.05, 0) is 44.9 Å². The maximum absolute atomic E-state index is 11.8. The van der Waals surface area contributed by atoms with E-state index in [0.29, 0.717) is 13.0 Å². The van der Waals surface area contributed by atoms with E-state index in [2.05, 4.69) is 31.2 Å². The summed E-state index contributed by atoms with van der Waals surface area (Å²) in [5, 5.41) is 0. The lowest BCUT2D eigenvalue weighted by Crippen LogP contribution is -2.28. The van der Waals surface area contributed by atoms with E-state index in [1.54, 1.807) is 0 Å². The van der Waals surface area contributed by atoms with Crippen molar-refractivity contribution in [2.45, 2.75) is 116 Å². The van der Waals surface area contributed by atoms with E-state index in [1.165, 1.54) is 51.4 Å². The molecule has 218 valence electrons. The number of rotatable bonds is 27. The predicted molar refractivity (Wildman–Crippen MR) is 150 cm³/mol. The Kier molecular flexibility index (Phi) is 25.8. The van der Waals surface area contributed by atoms with Gasteiger partial charge in [-0.3, -0.25) is 13.8 Å². The molecular weight excluding hydrogens is 493 g/mol. The maximum atomic E-state index is 11.8. The predicted octanol–water partition coefficient (Wildman–Crippen LogP) is 7.01. The highest BCUT2D eigenvalue weighted by molar-refractivity contribution is 7.47. The van der Waals surface area contributed by atoms with E-state index in [9.17, 15) is 14.3 Å². The molecule has 0 bridgehead atoms. The molecule has 0 radical (unpaired) electrons. The van der Waals surface area contributed by atoms with Gasteiger partial charge in [-0.15, -0.1) is 0 Å². The van der Waals surface area contributed by atoms with Crippen LogP contribution in [0.3, 0.4) is 0 Å². The van der Waals surface area contributed by atoms with Gasteiger partial charge in [-0.25, -0.2) is 4.57 Å². The standard InChI is InChI=1S/C28H54NO7P/c1-3-5-6-7-8-9-10-11-12-13-14-15-16-17-18-19-20-23-33-25-27(36-28(30)21-4-2)26-35-37(31,32)34-24-22-29/h9-10,12-13,27H,3-8,11,14-26,29H2,1-2H3,(H,31,32)/b10-9-,13-12-. The highest BCUT2D eigenvalue weighted by Crippen LogP contribution is 2.43. The van der Waals surface area contributed by atoms with Crippen molar-refractivity contribution in [3.05, 3.63) is 24.3 Å². The van der Waals surface area contributed by atoms with E-state index in [0.717, 1.165) is 32.1 Å². The molecule has 8 nitrogen and oxygen atoms in total. The number of allylic oxidation sites excluding steroid dienone is 4. The minimum atomic E-state index is -4.24. The van der Waals surface area contributed by atoms with E-state index in [-0.39, 0.29) is 38.8 Å². The zero-order valence-corrected chi connectivity index (χ0v) is 24.3. The second-order valence-electron chi connectivity index (χ2n) is 9.26. The van der Waals surface area contributed by atoms with Gasteiger partial charge >= 0.3 is 13.8 Å².